The van der Waals surface area contributed by atoms with E-state index in [2.05, 4.69) is 44.2 Å². The van der Waals surface area contributed by atoms with Crippen LogP contribution in [-0.4, -0.2) is 42.7 Å². The molecule has 0 radical (unpaired) electrons. The number of rotatable bonds is 8. The highest BCUT2D eigenvalue weighted by Crippen LogP contribution is 2.30. The van der Waals surface area contributed by atoms with Gasteiger partial charge in [-0.15, -0.1) is 0 Å². The minimum atomic E-state index is -1.01. The molecule has 28 heavy (non-hydrogen) atoms. The second kappa shape index (κ2) is 9.90. The van der Waals surface area contributed by atoms with Crippen molar-refractivity contribution in [2.75, 3.05) is 26.0 Å². The van der Waals surface area contributed by atoms with Crippen molar-refractivity contribution in [3.8, 4) is 5.75 Å². The summed E-state index contributed by atoms with van der Waals surface area (Å²) in [5.41, 5.74) is 1.77. The number of carboxylic acid groups (broad SMARTS) is 1. The Balaban J connectivity index is 2.04. The number of carbonyl (C=O) groups excluding carboxylic acids is 1. The summed E-state index contributed by atoms with van der Waals surface area (Å²) >= 11 is 0. The first-order valence-electron chi connectivity index (χ1n) is 9.37. The number of carboxylic acids is 1. The predicted molar refractivity (Wildman–Crippen MR) is 110 cm³/mol. The smallest absolute Gasteiger partial charge is 0.417 e. The fraction of sp³-hybridized carbons (Fsp3) is 0.364. The molecule has 2 aromatic rings. The third kappa shape index (κ3) is 6.09. The zero-order valence-corrected chi connectivity index (χ0v) is 16.8. The summed E-state index contributed by atoms with van der Waals surface area (Å²) in [6, 6.07) is 13.5. The van der Waals surface area contributed by atoms with Crippen LogP contribution in [0.4, 0.5) is 10.5 Å². The highest BCUT2D eigenvalue weighted by molar-refractivity contribution is 5.90. The molecule has 2 rings (SSSR count). The van der Waals surface area contributed by atoms with Gasteiger partial charge in [0.2, 0.25) is 0 Å². The monoisotopic (exact) mass is 384 g/mol. The van der Waals surface area contributed by atoms with Crippen molar-refractivity contribution < 1.29 is 19.4 Å². The van der Waals surface area contributed by atoms with Crippen LogP contribution in [0, 0.1) is 5.92 Å². The average Bonchev–Trinajstić information content (AvgIpc) is 2.62. The highest BCUT2D eigenvalue weighted by atomic mass is 16.6. The molecule has 0 bridgehead atoms. The van der Waals surface area contributed by atoms with E-state index in [0.717, 1.165) is 18.5 Å². The van der Waals surface area contributed by atoms with E-state index in [-0.39, 0.29) is 5.56 Å². The lowest BCUT2D eigenvalue weighted by atomic mass is 9.85. The van der Waals surface area contributed by atoms with Crippen LogP contribution in [-0.2, 0) is 0 Å². The van der Waals surface area contributed by atoms with Gasteiger partial charge in [-0.3, -0.25) is 5.32 Å². The third-order valence-corrected chi connectivity index (χ3v) is 4.65. The first-order valence-corrected chi connectivity index (χ1v) is 9.37. The van der Waals surface area contributed by atoms with Crippen molar-refractivity contribution in [3.63, 3.8) is 0 Å². The van der Waals surface area contributed by atoms with E-state index in [9.17, 15) is 9.59 Å². The summed E-state index contributed by atoms with van der Waals surface area (Å²) in [5, 5.41) is 11.5. The molecule has 0 aliphatic carbocycles. The molecule has 0 aliphatic rings. The summed E-state index contributed by atoms with van der Waals surface area (Å²) in [6.07, 6.45) is 0.384. The van der Waals surface area contributed by atoms with Crippen molar-refractivity contribution in [2.24, 2.45) is 5.92 Å². The molecular formula is C22H28N2O4. The molecular weight excluding hydrogens is 356 g/mol. The molecule has 2 atom stereocenters. The Labute approximate surface area is 166 Å². The molecule has 2 aromatic carbocycles. The number of carbonyl (C=O) groups is 2. The van der Waals surface area contributed by atoms with Gasteiger partial charge in [0.15, 0.2) is 0 Å². The maximum Gasteiger partial charge on any atom is 0.417 e. The lowest BCUT2D eigenvalue weighted by molar-refractivity contribution is 0.0697. The van der Waals surface area contributed by atoms with E-state index in [1.165, 1.54) is 24.3 Å². The lowest BCUT2D eigenvalue weighted by Crippen LogP contribution is -2.24. The van der Waals surface area contributed by atoms with Gasteiger partial charge in [-0.2, -0.15) is 0 Å². The molecule has 6 nitrogen and oxygen atoms in total. The summed E-state index contributed by atoms with van der Waals surface area (Å²) in [7, 11) is 4.13. The van der Waals surface area contributed by atoms with Gasteiger partial charge in [0.1, 0.15) is 5.75 Å². The number of nitrogens with zero attached hydrogens (tertiary/aromatic N) is 1. The SMILES string of the molecule is CCC(c1cccc(OC(=O)Nc2ccc(C(=O)O)cc2)c1)C(C)CN(C)C. The molecule has 0 heterocycles. The Kier molecular flexibility index (Phi) is 7.58. The Morgan fingerprint density at radius 3 is 2.39 bits per heavy atom. The normalized spacial score (nSPS) is 13.0. The molecule has 0 aliphatic heterocycles. The molecule has 0 spiro atoms. The zero-order chi connectivity index (χ0) is 20.7. The Morgan fingerprint density at radius 2 is 1.82 bits per heavy atom. The van der Waals surface area contributed by atoms with Crippen LogP contribution in [0.15, 0.2) is 48.5 Å². The first-order chi connectivity index (χ1) is 13.3. The third-order valence-electron chi connectivity index (χ3n) is 4.65. The Morgan fingerprint density at radius 1 is 1.14 bits per heavy atom. The molecule has 2 N–H and O–H groups in total. The molecule has 0 aromatic heterocycles. The number of anilines is 1. The van der Waals surface area contributed by atoms with Crippen LogP contribution in [0.5, 0.6) is 5.75 Å². The fourth-order valence-corrected chi connectivity index (χ4v) is 3.43. The van der Waals surface area contributed by atoms with Gasteiger partial charge >= 0.3 is 12.1 Å². The standard InChI is InChI=1S/C22H28N2O4/c1-5-20(15(2)14-24(3)4)17-7-6-8-19(13-17)28-22(27)23-18-11-9-16(10-12-18)21(25)26/h6-13,15,20H,5,14H2,1-4H3,(H,23,27)(H,25,26). The molecule has 0 saturated heterocycles. The average molecular weight is 384 g/mol. The fourth-order valence-electron chi connectivity index (χ4n) is 3.43. The van der Waals surface area contributed by atoms with Gasteiger partial charge in [-0.25, -0.2) is 9.59 Å². The highest BCUT2D eigenvalue weighted by Gasteiger charge is 2.19. The Bertz CT molecular complexity index is 802. The summed E-state index contributed by atoms with van der Waals surface area (Å²) in [6.45, 7) is 5.38. The second-order valence-electron chi connectivity index (χ2n) is 7.22. The summed E-state index contributed by atoms with van der Waals surface area (Å²) in [5.74, 6) is 0.307. The quantitative estimate of drug-likeness (QED) is 0.690. The van der Waals surface area contributed by atoms with Crippen LogP contribution in [0.3, 0.4) is 0 Å². The topological polar surface area (TPSA) is 78.9 Å². The summed E-state index contributed by atoms with van der Waals surface area (Å²) < 4.78 is 5.42. The first kappa shape index (κ1) is 21.4. The largest absolute Gasteiger partial charge is 0.478 e. The predicted octanol–water partition coefficient (Wildman–Crippen LogP) is 4.69. The lowest BCUT2D eigenvalue weighted by Gasteiger charge is -2.26. The number of hydrogen-bond donors (Lipinski definition) is 2. The van der Waals surface area contributed by atoms with Crippen LogP contribution >= 0.6 is 0 Å². The molecule has 150 valence electrons. The number of amides is 1. The molecule has 6 heteroatoms. The molecule has 2 unspecified atom stereocenters. The summed E-state index contributed by atoms with van der Waals surface area (Å²) in [4.78, 5) is 25.2. The van der Waals surface area contributed by atoms with Crippen molar-refractivity contribution in [1.29, 1.82) is 0 Å². The zero-order valence-electron chi connectivity index (χ0n) is 16.8. The van der Waals surface area contributed by atoms with Crippen LogP contribution < -0.4 is 10.1 Å². The molecule has 0 saturated carbocycles. The molecule has 1 amide bonds. The number of aromatic carboxylic acids is 1. The van der Waals surface area contributed by atoms with E-state index in [1.807, 2.05) is 12.1 Å². The van der Waals surface area contributed by atoms with Gasteiger partial charge in [0.05, 0.1) is 5.56 Å². The Hall–Kier alpha value is -2.86. The number of ether oxygens (including phenoxy) is 1. The van der Waals surface area contributed by atoms with E-state index < -0.39 is 12.1 Å². The van der Waals surface area contributed by atoms with Crippen molar-refractivity contribution in [2.45, 2.75) is 26.2 Å². The van der Waals surface area contributed by atoms with E-state index in [1.54, 1.807) is 6.07 Å². The van der Waals surface area contributed by atoms with Gasteiger partial charge in [0.25, 0.3) is 0 Å². The maximum atomic E-state index is 12.2. The van der Waals surface area contributed by atoms with E-state index >= 15 is 0 Å². The van der Waals surface area contributed by atoms with Gasteiger partial charge in [-0.1, -0.05) is 26.0 Å². The number of benzene rings is 2. The van der Waals surface area contributed by atoms with E-state index in [0.29, 0.717) is 23.3 Å². The van der Waals surface area contributed by atoms with Crippen molar-refractivity contribution in [3.05, 3.63) is 59.7 Å². The van der Waals surface area contributed by atoms with E-state index in [4.69, 9.17) is 9.84 Å². The van der Waals surface area contributed by atoms with Crippen molar-refractivity contribution in [1.82, 2.24) is 4.90 Å². The number of nitrogens with one attached hydrogen (secondary N) is 1. The van der Waals surface area contributed by atoms with Crippen LogP contribution in [0.25, 0.3) is 0 Å². The number of hydrogen-bond acceptors (Lipinski definition) is 4. The van der Waals surface area contributed by atoms with Gasteiger partial charge in [0, 0.05) is 12.2 Å². The van der Waals surface area contributed by atoms with Crippen LogP contribution in [0.1, 0.15) is 42.1 Å². The molecule has 0 fully saturated rings. The van der Waals surface area contributed by atoms with Gasteiger partial charge < -0.3 is 14.7 Å². The minimum absolute atomic E-state index is 0.157. The van der Waals surface area contributed by atoms with Crippen molar-refractivity contribution >= 4 is 17.7 Å². The maximum absolute atomic E-state index is 12.2. The minimum Gasteiger partial charge on any atom is -0.478 e. The van der Waals surface area contributed by atoms with Crippen LogP contribution in [0.2, 0.25) is 0 Å². The second-order valence-corrected chi connectivity index (χ2v) is 7.22. The van der Waals surface area contributed by atoms with Gasteiger partial charge in [-0.05, 0) is 74.3 Å².